The molecule has 0 atom stereocenters. The molecule has 0 radical (unpaired) electrons. The maximum Gasteiger partial charge on any atom is 0.0462 e. The highest BCUT2D eigenvalue weighted by Gasteiger charge is 2.29. The third-order valence-corrected chi connectivity index (χ3v) is 12.6. The maximum atomic E-state index is 2.33. The lowest BCUT2D eigenvalue weighted by molar-refractivity contribution is 1.28. The lowest BCUT2D eigenvalue weighted by atomic mass is 9.74. The van der Waals surface area contributed by atoms with Crippen molar-refractivity contribution in [3.05, 3.63) is 291 Å². The first-order valence-corrected chi connectivity index (χ1v) is 23.3. The molecular weight excluding hydrogens is 821 g/mol. The van der Waals surface area contributed by atoms with E-state index in [0.717, 1.165) is 67.5 Å². The van der Waals surface area contributed by atoms with Crippen molar-refractivity contribution in [3.8, 4) is 66.8 Å². The smallest absolute Gasteiger partial charge is 0.0462 e. The highest BCUT2D eigenvalue weighted by Crippen LogP contribution is 2.56. The Kier molecular flexibility index (Phi) is 11.8. The number of benzene rings is 11. The summed E-state index contributed by atoms with van der Waals surface area (Å²) in [7, 11) is 0. The van der Waals surface area contributed by atoms with Gasteiger partial charge in [-0.2, -0.15) is 0 Å². The Balaban J connectivity index is 1.25. The van der Waals surface area contributed by atoms with Gasteiger partial charge in [0.25, 0.3) is 0 Å². The first-order valence-electron chi connectivity index (χ1n) is 23.3. The molecule has 0 fully saturated rings. The molecule has 0 aromatic heterocycles. The molecule has 2 heteroatoms. The molecule has 68 heavy (non-hydrogen) atoms. The molecule has 0 amide bonds. The summed E-state index contributed by atoms with van der Waals surface area (Å²) in [6.45, 7) is 0. The Morgan fingerprint density at radius 1 is 0.132 bits per heavy atom. The summed E-state index contributed by atoms with van der Waals surface area (Å²) in [6.07, 6.45) is 0. The fourth-order valence-corrected chi connectivity index (χ4v) is 9.66. The third kappa shape index (κ3) is 8.28. The number of hydrogen-bond donors (Lipinski definition) is 0. The Morgan fingerprint density at radius 2 is 0.279 bits per heavy atom. The summed E-state index contributed by atoms with van der Waals surface area (Å²) in [5.41, 5.74) is 20.5. The van der Waals surface area contributed by atoms with Gasteiger partial charge in [-0.05, 0) is 140 Å². The van der Waals surface area contributed by atoms with Gasteiger partial charge in [0.1, 0.15) is 0 Å². The van der Waals surface area contributed by atoms with Gasteiger partial charge in [-0.1, -0.05) is 218 Å². The van der Waals surface area contributed by atoms with Gasteiger partial charge >= 0.3 is 0 Å². The lowest BCUT2D eigenvalue weighted by Gasteiger charge is -2.30. The van der Waals surface area contributed by atoms with E-state index in [2.05, 4.69) is 301 Å². The quantitative estimate of drug-likeness (QED) is 0.121. The van der Waals surface area contributed by atoms with E-state index >= 15 is 0 Å². The van der Waals surface area contributed by atoms with E-state index in [1.807, 2.05) is 0 Å². The molecule has 0 aliphatic rings. The van der Waals surface area contributed by atoms with E-state index in [-0.39, 0.29) is 0 Å². The molecule has 0 aliphatic carbocycles. The Labute approximate surface area is 400 Å². The minimum Gasteiger partial charge on any atom is -0.311 e. The van der Waals surface area contributed by atoms with Gasteiger partial charge in [0, 0.05) is 34.1 Å². The van der Waals surface area contributed by atoms with E-state index in [1.54, 1.807) is 0 Å². The van der Waals surface area contributed by atoms with E-state index in [1.165, 1.54) is 33.4 Å². The van der Waals surface area contributed by atoms with Crippen LogP contribution >= 0.6 is 0 Å². The molecule has 0 heterocycles. The van der Waals surface area contributed by atoms with Gasteiger partial charge in [0.15, 0.2) is 0 Å². The van der Waals surface area contributed by atoms with Crippen molar-refractivity contribution >= 4 is 34.1 Å². The molecule has 0 spiro atoms. The standard InChI is InChI=1S/C66H48N2/c1-9-25-49(26-10-1)61-62(50-27-11-2-12-28-50)64(52-31-15-4-16-32-52)66(54-43-47-60(48-44-54)68(57-37-21-7-22-38-57)58-39-23-8-24-40-58)65(63(61)51-29-13-3-14-30-51)53-41-45-59(46-42-53)67(55-33-17-5-18-34-55)56-35-19-6-20-36-56/h1-48H. The fraction of sp³-hybridized carbons (Fsp3) is 0. The third-order valence-electron chi connectivity index (χ3n) is 12.6. The normalized spacial score (nSPS) is 10.9. The zero-order chi connectivity index (χ0) is 45.5. The zero-order valence-corrected chi connectivity index (χ0v) is 37.6. The molecular formula is C66H48N2. The monoisotopic (exact) mass is 868 g/mol. The minimum atomic E-state index is 1.08. The van der Waals surface area contributed by atoms with Crippen LogP contribution in [-0.2, 0) is 0 Å². The predicted molar refractivity (Wildman–Crippen MR) is 288 cm³/mol. The summed E-state index contributed by atoms with van der Waals surface area (Å²) in [5.74, 6) is 0. The molecule has 0 aliphatic heterocycles. The Morgan fingerprint density at radius 3 is 0.471 bits per heavy atom. The molecule has 0 saturated heterocycles. The van der Waals surface area contributed by atoms with Crippen LogP contribution in [0.4, 0.5) is 34.1 Å². The van der Waals surface area contributed by atoms with E-state index in [0.29, 0.717) is 0 Å². The molecule has 0 N–H and O–H groups in total. The number of nitrogens with zero attached hydrogens (tertiary/aromatic N) is 2. The molecule has 11 aromatic rings. The highest BCUT2D eigenvalue weighted by molar-refractivity contribution is 6.15. The van der Waals surface area contributed by atoms with Gasteiger partial charge in [-0.15, -0.1) is 0 Å². The minimum absolute atomic E-state index is 1.08. The Hall–Kier alpha value is -8.98. The van der Waals surface area contributed by atoms with Crippen molar-refractivity contribution in [2.75, 3.05) is 9.80 Å². The van der Waals surface area contributed by atoms with Crippen LogP contribution in [-0.4, -0.2) is 0 Å². The summed E-state index contributed by atoms with van der Waals surface area (Å²) >= 11 is 0. The first kappa shape index (κ1) is 41.7. The van der Waals surface area contributed by atoms with Gasteiger partial charge in [-0.3, -0.25) is 0 Å². The topological polar surface area (TPSA) is 6.48 Å². The van der Waals surface area contributed by atoms with Gasteiger partial charge in [-0.25, -0.2) is 0 Å². The van der Waals surface area contributed by atoms with Crippen LogP contribution in [0.2, 0.25) is 0 Å². The van der Waals surface area contributed by atoms with Crippen molar-refractivity contribution in [1.82, 2.24) is 0 Å². The lowest BCUT2D eigenvalue weighted by Crippen LogP contribution is -2.10. The van der Waals surface area contributed by atoms with Crippen molar-refractivity contribution in [1.29, 1.82) is 0 Å². The van der Waals surface area contributed by atoms with Gasteiger partial charge in [0.2, 0.25) is 0 Å². The molecule has 322 valence electrons. The van der Waals surface area contributed by atoms with Crippen molar-refractivity contribution in [3.63, 3.8) is 0 Å². The molecule has 2 nitrogen and oxygen atoms in total. The molecule has 0 saturated carbocycles. The van der Waals surface area contributed by atoms with Crippen LogP contribution in [0.1, 0.15) is 0 Å². The molecule has 0 unspecified atom stereocenters. The molecule has 0 bridgehead atoms. The predicted octanol–water partition coefficient (Wildman–Crippen LogP) is 18.6. The van der Waals surface area contributed by atoms with Crippen LogP contribution in [0.25, 0.3) is 66.8 Å². The summed E-state index contributed by atoms with van der Waals surface area (Å²) in [4.78, 5) is 4.66. The maximum absolute atomic E-state index is 2.33. The van der Waals surface area contributed by atoms with Gasteiger partial charge < -0.3 is 9.80 Å². The number of para-hydroxylation sites is 4. The van der Waals surface area contributed by atoms with Crippen molar-refractivity contribution in [2.45, 2.75) is 0 Å². The van der Waals surface area contributed by atoms with Crippen molar-refractivity contribution < 1.29 is 0 Å². The van der Waals surface area contributed by atoms with E-state index in [4.69, 9.17) is 0 Å². The van der Waals surface area contributed by atoms with Gasteiger partial charge in [0.05, 0.1) is 0 Å². The summed E-state index contributed by atoms with van der Waals surface area (Å²) in [5, 5.41) is 0. The second-order valence-electron chi connectivity index (χ2n) is 16.8. The summed E-state index contributed by atoms with van der Waals surface area (Å²) in [6, 6.07) is 105. The van der Waals surface area contributed by atoms with E-state index in [9.17, 15) is 0 Å². The number of rotatable bonds is 12. The second-order valence-corrected chi connectivity index (χ2v) is 16.8. The second kappa shape index (κ2) is 19.2. The average molecular weight is 869 g/mol. The fourth-order valence-electron chi connectivity index (χ4n) is 9.66. The average Bonchev–Trinajstić information content (AvgIpc) is 3.43. The van der Waals surface area contributed by atoms with Crippen LogP contribution in [0.3, 0.4) is 0 Å². The largest absolute Gasteiger partial charge is 0.311 e. The first-order chi connectivity index (χ1) is 33.8. The van der Waals surface area contributed by atoms with E-state index < -0.39 is 0 Å². The Bertz CT molecular complexity index is 3050. The number of hydrogen-bond acceptors (Lipinski definition) is 2. The zero-order valence-electron chi connectivity index (χ0n) is 37.6. The van der Waals surface area contributed by atoms with Crippen LogP contribution in [0.5, 0.6) is 0 Å². The highest BCUT2D eigenvalue weighted by atomic mass is 15.1. The van der Waals surface area contributed by atoms with Crippen molar-refractivity contribution in [2.24, 2.45) is 0 Å². The van der Waals surface area contributed by atoms with Crippen LogP contribution in [0.15, 0.2) is 291 Å². The summed E-state index contributed by atoms with van der Waals surface area (Å²) < 4.78 is 0. The van der Waals surface area contributed by atoms with Crippen LogP contribution < -0.4 is 9.80 Å². The number of anilines is 6. The molecule has 11 rings (SSSR count). The van der Waals surface area contributed by atoms with Crippen LogP contribution in [0, 0.1) is 0 Å². The SMILES string of the molecule is c1ccc(-c2c(-c3ccccc3)c(-c3ccccc3)c(-c3ccc(N(c4ccccc4)c4ccccc4)cc3)c(-c3ccc(N(c4ccccc4)c4ccccc4)cc3)c2-c2ccccc2)cc1. The molecule has 11 aromatic carbocycles.